The van der Waals surface area contributed by atoms with Crippen LogP contribution in [0.5, 0.6) is 11.5 Å². The van der Waals surface area contributed by atoms with Crippen LogP contribution in [0.3, 0.4) is 0 Å². The maximum absolute atomic E-state index is 12.7. The summed E-state index contributed by atoms with van der Waals surface area (Å²) in [5.74, 6) is 2.62. The summed E-state index contributed by atoms with van der Waals surface area (Å²) < 4.78 is 11.1. The van der Waals surface area contributed by atoms with Crippen LogP contribution in [0.1, 0.15) is 5.56 Å². The lowest BCUT2D eigenvalue weighted by molar-refractivity contribution is -0.115. The van der Waals surface area contributed by atoms with Gasteiger partial charge in [-0.3, -0.25) is 9.89 Å². The van der Waals surface area contributed by atoms with E-state index in [0.717, 1.165) is 33.4 Å². The molecule has 0 bridgehead atoms. The van der Waals surface area contributed by atoms with Gasteiger partial charge in [-0.15, -0.1) is 0 Å². The average Bonchev–Trinajstić information content (AvgIpc) is 3.21. The van der Waals surface area contributed by atoms with Gasteiger partial charge in [0.1, 0.15) is 19.0 Å². The third-order valence-corrected chi connectivity index (χ3v) is 5.33. The third-order valence-electron chi connectivity index (χ3n) is 5.33. The molecule has 162 valence electrons. The quantitative estimate of drug-likeness (QED) is 0.503. The lowest BCUT2D eigenvalue weighted by Crippen LogP contribution is -2.17. The number of pyridine rings is 1. The van der Waals surface area contributed by atoms with Crippen molar-refractivity contribution in [2.24, 2.45) is 0 Å². The number of H-pyrrole nitrogens is 1. The van der Waals surface area contributed by atoms with Gasteiger partial charge in [0.2, 0.25) is 5.91 Å². The van der Waals surface area contributed by atoms with Gasteiger partial charge in [-0.1, -0.05) is 12.1 Å². The molecule has 1 amide bonds. The zero-order chi connectivity index (χ0) is 22.1. The van der Waals surface area contributed by atoms with Crippen molar-refractivity contribution in [3.05, 3.63) is 60.3 Å². The van der Waals surface area contributed by atoms with Crippen molar-refractivity contribution in [3.63, 3.8) is 0 Å². The molecule has 8 heteroatoms. The number of fused-ring (bicyclic) bond motifs is 2. The Hall–Kier alpha value is -4.07. The highest BCUT2D eigenvalue weighted by Gasteiger charge is 2.15. The number of hydrogen-bond donors (Lipinski definition) is 2. The second kappa shape index (κ2) is 8.22. The highest BCUT2D eigenvalue weighted by atomic mass is 16.6. The molecular formula is C24H23N5O3. The van der Waals surface area contributed by atoms with Gasteiger partial charge in [0, 0.05) is 31.2 Å². The second-order valence-corrected chi connectivity index (χ2v) is 7.84. The van der Waals surface area contributed by atoms with Gasteiger partial charge in [0.05, 0.1) is 11.9 Å². The summed E-state index contributed by atoms with van der Waals surface area (Å²) in [6.07, 6.45) is 2.05. The van der Waals surface area contributed by atoms with E-state index in [1.807, 2.05) is 73.7 Å². The van der Waals surface area contributed by atoms with Gasteiger partial charge >= 0.3 is 0 Å². The van der Waals surface area contributed by atoms with E-state index in [-0.39, 0.29) is 12.3 Å². The molecule has 0 saturated heterocycles. The maximum atomic E-state index is 12.7. The zero-order valence-corrected chi connectivity index (χ0v) is 17.9. The number of ether oxygens (including phenoxy) is 2. The molecule has 2 aromatic heterocycles. The second-order valence-electron chi connectivity index (χ2n) is 7.84. The first kappa shape index (κ1) is 19.9. The lowest BCUT2D eigenvalue weighted by atomic mass is 10.1. The van der Waals surface area contributed by atoms with E-state index in [1.165, 1.54) is 0 Å². The van der Waals surface area contributed by atoms with E-state index in [0.29, 0.717) is 30.5 Å². The van der Waals surface area contributed by atoms with Crippen molar-refractivity contribution in [3.8, 4) is 22.6 Å². The van der Waals surface area contributed by atoms with Crippen LogP contribution < -0.4 is 19.7 Å². The number of hydrogen-bond acceptors (Lipinski definition) is 6. The van der Waals surface area contributed by atoms with Gasteiger partial charge in [-0.2, -0.15) is 5.10 Å². The molecule has 0 spiro atoms. The van der Waals surface area contributed by atoms with Crippen molar-refractivity contribution in [1.82, 2.24) is 15.2 Å². The fraction of sp³-hybridized carbons (Fsp3) is 0.208. The first-order valence-electron chi connectivity index (χ1n) is 10.4. The van der Waals surface area contributed by atoms with Crippen LogP contribution in [0.25, 0.3) is 22.0 Å². The fourth-order valence-corrected chi connectivity index (χ4v) is 3.67. The standard InChI is InChI=1S/C24H23N5O3/c1-29(2)22-8-5-17(14-25-22)16-4-6-19-18(13-16)24(28-27-19)26-23(30)12-15-3-7-20-21(11-15)32-10-9-31-20/h3-8,11,13-14H,9-10,12H2,1-2H3,(H2,26,27,28,30). The Kier molecular flexibility index (Phi) is 5.10. The monoisotopic (exact) mass is 429 g/mol. The molecule has 2 aromatic carbocycles. The highest BCUT2D eigenvalue weighted by Crippen LogP contribution is 2.31. The number of benzene rings is 2. The molecule has 8 nitrogen and oxygen atoms in total. The number of anilines is 2. The summed E-state index contributed by atoms with van der Waals surface area (Å²) in [6, 6.07) is 15.5. The Morgan fingerprint density at radius 2 is 1.84 bits per heavy atom. The van der Waals surface area contributed by atoms with E-state index in [9.17, 15) is 4.79 Å². The van der Waals surface area contributed by atoms with Crippen molar-refractivity contribution >= 4 is 28.4 Å². The Morgan fingerprint density at radius 1 is 1.03 bits per heavy atom. The Balaban J connectivity index is 1.35. The number of carbonyl (C=O) groups is 1. The summed E-state index contributed by atoms with van der Waals surface area (Å²) in [5.41, 5.74) is 3.69. The van der Waals surface area contributed by atoms with Crippen LogP contribution in [0, 0.1) is 0 Å². The van der Waals surface area contributed by atoms with Gasteiger partial charge in [-0.25, -0.2) is 4.98 Å². The van der Waals surface area contributed by atoms with Crippen LogP contribution in [-0.4, -0.2) is 48.4 Å². The van der Waals surface area contributed by atoms with Crippen LogP contribution in [0.2, 0.25) is 0 Å². The highest BCUT2D eigenvalue weighted by molar-refractivity contribution is 6.01. The molecule has 0 radical (unpaired) electrons. The van der Waals surface area contributed by atoms with E-state index in [4.69, 9.17) is 9.47 Å². The SMILES string of the molecule is CN(C)c1ccc(-c2ccc3[nH]nc(NC(=O)Cc4ccc5c(c4)OCCO5)c3c2)cn1. The van der Waals surface area contributed by atoms with Crippen molar-refractivity contribution in [1.29, 1.82) is 0 Å². The number of aromatic nitrogens is 3. The van der Waals surface area contributed by atoms with Gasteiger partial charge in [-0.05, 0) is 47.5 Å². The molecule has 1 aliphatic rings. The summed E-state index contributed by atoms with van der Waals surface area (Å²) in [6.45, 7) is 1.05. The summed E-state index contributed by atoms with van der Waals surface area (Å²) >= 11 is 0. The van der Waals surface area contributed by atoms with Crippen LogP contribution in [-0.2, 0) is 11.2 Å². The third kappa shape index (κ3) is 3.94. The number of amides is 1. The first-order chi connectivity index (χ1) is 15.6. The normalized spacial score (nSPS) is 12.6. The molecule has 0 fully saturated rings. The van der Waals surface area contributed by atoms with Gasteiger partial charge in [0.25, 0.3) is 0 Å². The molecule has 4 aromatic rings. The summed E-state index contributed by atoms with van der Waals surface area (Å²) in [5, 5.41) is 11.0. The van der Waals surface area contributed by atoms with Crippen LogP contribution in [0.15, 0.2) is 54.7 Å². The predicted molar refractivity (Wildman–Crippen MR) is 123 cm³/mol. The number of nitrogens with one attached hydrogen (secondary N) is 2. The Morgan fingerprint density at radius 3 is 2.62 bits per heavy atom. The van der Waals surface area contributed by atoms with Crippen molar-refractivity contribution in [2.75, 3.05) is 37.5 Å². The summed E-state index contributed by atoms with van der Waals surface area (Å²) in [4.78, 5) is 19.1. The van der Waals surface area contributed by atoms with E-state index >= 15 is 0 Å². The molecule has 0 aliphatic carbocycles. The molecule has 5 rings (SSSR count). The molecule has 0 saturated carbocycles. The topological polar surface area (TPSA) is 92.4 Å². The van der Waals surface area contributed by atoms with E-state index < -0.39 is 0 Å². The van der Waals surface area contributed by atoms with Crippen molar-refractivity contribution in [2.45, 2.75) is 6.42 Å². The maximum Gasteiger partial charge on any atom is 0.230 e. The molecule has 1 aliphatic heterocycles. The van der Waals surface area contributed by atoms with E-state index in [1.54, 1.807) is 0 Å². The largest absolute Gasteiger partial charge is 0.486 e. The minimum absolute atomic E-state index is 0.155. The van der Waals surface area contributed by atoms with Crippen LogP contribution in [0.4, 0.5) is 11.6 Å². The zero-order valence-electron chi connectivity index (χ0n) is 17.9. The fourth-order valence-electron chi connectivity index (χ4n) is 3.67. The molecule has 2 N–H and O–H groups in total. The molecular weight excluding hydrogens is 406 g/mol. The number of aromatic amines is 1. The van der Waals surface area contributed by atoms with Gasteiger partial charge in [0.15, 0.2) is 17.3 Å². The average molecular weight is 429 g/mol. The van der Waals surface area contributed by atoms with E-state index in [2.05, 4.69) is 20.5 Å². The summed E-state index contributed by atoms with van der Waals surface area (Å²) in [7, 11) is 3.92. The van der Waals surface area contributed by atoms with Crippen molar-refractivity contribution < 1.29 is 14.3 Å². The number of rotatable bonds is 5. The number of nitrogens with zero attached hydrogens (tertiary/aromatic N) is 3. The Bertz CT molecular complexity index is 1280. The Labute approximate surface area is 185 Å². The number of carbonyl (C=O) groups excluding carboxylic acids is 1. The first-order valence-corrected chi connectivity index (χ1v) is 10.4. The molecule has 3 heterocycles. The predicted octanol–water partition coefficient (Wildman–Crippen LogP) is 3.64. The van der Waals surface area contributed by atoms with Gasteiger partial charge < -0.3 is 19.7 Å². The smallest absolute Gasteiger partial charge is 0.230 e. The molecule has 32 heavy (non-hydrogen) atoms. The van der Waals surface area contributed by atoms with Crippen LogP contribution >= 0.6 is 0 Å². The minimum Gasteiger partial charge on any atom is -0.486 e. The molecule has 0 unspecified atom stereocenters. The molecule has 0 atom stereocenters. The lowest BCUT2D eigenvalue weighted by Gasteiger charge is -2.18. The minimum atomic E-state index is -0.155.